The zero-order valence-electron chi connectivity index (χ0n) is 12.9. The average molecular weight is 420 g/mol. The first-order valence-corrected chi connectivity index (χ1v) is 7.99. The van der Waals surface area contributed by atoms with E-state index in [9.17, 15) is 22.4 Å². The van der Waals surface area contributed by atoms with E-state index in [0.29, 0.717) is 15.6 Å². The molecule has 0 aliphatic carbocycles. The number of hydrogen-bond donors (Lipinski definition) is 1. The van der Waals surface area contributed by atoms with Crippen LogP contribution < -0.4 is 5.32 Å². The SMILES string of the molecule is O=C(NCc1ccc(COCC(F)(F)F)cc1)c1ccc(F)cc1Br. The summed E-state index contributed by atoms with van der Waals surface area (Å²) in [5.74, 6) is -0.823. The highest BCUT2D eigenvalue weighted by atomic mass is 79.9. The Morgan fingerprint density at radius 3 is 2.32 bits per heavy atom. The van der Waals surface area contributed by atoms with Crippen molar-refractivity contribution < 1.29 is 27.1 Å². The van der Waals surface area contributed by atoms with E-state index in [4.69, 9.17) is 0 Å². The molecule has 0 saturated carbocycles. The standard InChI is InChI=1S/C17H14BrF4NO2/c18-15-7-13(19)5-6-14(15)16(24)23-8-11-1-3-12(4-2-11)9-25-10-17(20,21)22/h1-7H,8-10H2,(H,23,24). The van der Waals surface area contributed by atoms with Gasteiger partial charge in [0.05, 0.1) is 12.2 Å². The lowest BCUT2D eigenvalue weighted by Crippen LogP contribution is -2.23. The Kier molecular flexibility index (Phi) is 6.55. The van der Waals surface area contributed by atoms with Crippen LogP contribution in [-0.2, 0) is 17.9 Å². The van der Waals surface area contributed by atoms with Gasteiger partial charge in [0.1, 0.15) is 12.4 Å². The highest BCUT2D eigenvalue weighted by Crippen LogP contribution is 2.18. The van der Waals surface area contributed by atoms with Crippen LogP contribution in [0.5, 0.6) is 0 Å². The van der Waals surface area contributed by atoms with E-state index in [1.54, 1.807) is 24.3 Å². The van der Waals surface area contributed by atoms with E-state index in [0.717, 1.165) is 5.56 Å². The van der Waals surface area contributed by atoms with Crippen molar-refractivity contribution in [1.82, 2.24) is 5.32 Å². The fraction of sp³-hybridized carbons (Fsp3) is 0.235. The molecular weight excluding hydrogens is 406 g/mol. The molecule has 3 nitrogen and oxygen atoms in total. The number of carbonyl (C=O) groups is 1. The fourth-order valence-corrected chi connectivity index (χ4v) is 2.52. The molecule has 8 heteroatoms. The van der Waals surface area contributed by atoms with Gasteiger partial charge >= 0.3 is 6.18 Å². The molecule has 0 aliphatic heterocycles. The Morgan fingerprint density at radius 1 is 1.08 bits per heavy atom. The van der Waals surface area contributed by atoms with Gasteiger partial charge in [-0.15, -0.1) is 0 Å². The van der Waals surface area contributed by atoms with E-state index in [2.05, 4.69) is 26.0 Å². The average Bonchev–Trinajstić information content (AvgIpc) is 2.52. The third-order valence-corrected chi connectivity index (χ3v) is 3.84. The first-order chi connectivity index (χ1) is 11.7. The van der Waals surface area contributed by atoms with Crippen LogP contribution in [0.2, 0.25) is 0 Å². The Balaban J connectivity index is 1.85. The van der Waals surface area contributed by atoms with Crippen molar-refractivity contribution in [2.75, 3.05) is 6.61 Å². The summed E-state index contributed by atoms with van der Waals surface area (Å²) >= 11 is 3.13. The van der Waals surface area contributed by atoms with Crippen LogP contribution in [0, 0.1) is 5.82 Å². The van der Waals surface area contributed by atoms with Crippen molar-refractivity contribution in [1.29, 1.82) is 0 Å². The molecule has 134 valence electrons. The van der Waals surface area contributed by atoms with Crippen LogP contribution >= 0.6 is 15.9 Å². The van der Waals surface area contributed by atoms with Crippen LogP contribution in [0.3, 0.4) is 0 Å². The molecule has 1 amide bonds. The summed E-state index contributed by atoms with van der Waals surface area (Å²) in [6.07, 6.45) is -4.35. The van der Waals surface area contributed by atoms with E-state index in [1.165, 1.54) is 18.2 Å². The number of carbonyl (C=O) groups excluding carboxylic acids is 1. The summed E-state index contributed by atoms with van der Waals surface area (Å²) < 4.78 is 53.9. The Labute approximate surface area is 150 Å². The number of halogens is 5. The molecule has 0 saturated heterocycles. The predicted molar refractivity (Wildman–Crippen MR) is 87.4 cm³/mol. The quantitative estimate of drug-likeness (QED) is 0.695. The molecule has 2 aromatic rings. The van der Waals surface area contributed by atoms with E-state index < -0.39 is 18.6 Å². The molecule has 2 rings (SSSR count). The van der Waals surface area contributed by atoms with Gasteiger partial charge in [-0.05, 0) is 45.3 Å². The van der Waals surface area contributed by atoms with E-state index in [-0.39, 0.29) is 19.1 Å². The Morgan fingerprint density at radius 2 is 1.72 bits per heavy atom. The van der Waals surface area contributed by atoms with Crippen molar-refractivity contribution in [2.24, 2.45) is 0 Å². The van der Waals surface area contributed by atoms with Gasteiger partial charge in [0.25, 0.3) is 5.91 Å². The molecule has 2 aromatic carbocycles. The number of alkyl halides is 3. The third kappa shape index (κ3) is 6.47. The molecule has 0 bridgehead atoms. The monoisotopic (exact) mass is 419 g/mol. The molecular formula is C17H14BrF4NO2. The number of rotatable bonds is 6. The molecule has 0 unspecified atom stereocenters. The molecule has 0 spiro atoms. The maximum absolute atomic E-state index is 13.0. The molecule has 0 heterocycles. The number of amides is 1. The summed E-state index contributed by atoms with van der Waals surface area (Å²) in [6.45, 7) is -1.21. The summed E-state index contributed by atoms with van der Waals surface area (Å²) in [7, 11) is 0. The highest BCUT2D eigenvalue weighted by Gasteiger charge is 2.27. The van der Waals surface area contributed by atoms with Crippen molar-refractivity contribution in [3.63, 3.8) is 0 Å². The maximum atomic E-state index is 13.0. The first-order valence-electron chi connectivity index (χ1n) is 7.20. The Hall–Kier alpha value is -1.93. The van der Waals surface area contributed by atoms with Gasteiger partial charge in [0.15, 0.2) is 0 Å². The second-order valence-electron chi connectivity index (χ2n) is 5.23. The smallest absolute Gasteiger partial charge is 0.367 e. The van der Waals surface area contributed by atoms with Crippen LogP contribution in [0.25, 0.3) is 0 Å². The lowest BCUT2D eigenvalue weighted by atomic mass is 10.1. The lowest BCUT2D eigenvalue weighted by molar-refractivity contribution is -0.176. The molecule has 25 heavy (non-hydrogen) atoms. The topological polar surface area (TPSA) is 38.3 Å². The van der Waals surface area contributed by atoms with Gasteiger partial charge in [0.2, 0.25) is 0 Å². The summed E-state index contributed by atoms with van der Waals surface area (Å²) in [6, 6.07) is 10.4. The van der Waals surface area contributed by atoms with E-state index in [1.807, 2.05) is 0 Å². The second-order valence-corrected chi connectivity index (χ2v) is 6.09. The van der Waals surface area contributed by atoms with Gasteiger partial charge in [-0.1, -0.05) is 24.3 Å². The Bertz CT molecular complexity index is 732. The van der Waals surface area contributed by atoms with Crippen molar-refractivity contribution >= 4 is 21.8 Å². The fourth-order valence-electron chi connectivity index (χ4n) is 1.99. The van der Waals surface area contributed by atoms with Gasteiger partial charge in [-0.3, -0.25) is 4.79 Å². The van der Waals surface area contributed by atoms with Gasteiger partial charge in [-0.25, -0.2) is 4.39 Å². The second kappa shape index (κ2) is 8.44. The predicted octanol–water partition coefficient (Wildman–Crippen LogP) is 4.60. The lowest BCUT2D eigenvalue weighted by Gasteiger charge is -2.09. The minimum Gasteiger partial charge on any atom is -0.367 e. The molecule has 1 N–H and O–H groups in total. The summed E-state index contributed by atoms with van der Waals surface area (Å²) in [4.78, 5) is 12.1. The minimum absolute atomic E-state index is 0.144. The number of ether oxygens (including phenoxy) is 1. The molecule has 0 aromatic heterocycles. The van der Waals surface area contributed by atoms with Gasteiger partial charge < -0.3 is 10.1 Å². The normalized spacial score (nSPS) is 11.4. The van der Waals surface area contributed by atoms with Crippen molar-refractivity contribution in [3.8, 4) is 0 Å². The number of benzene rings is 2. The van der Waals surface area contributed by atoms with Gasteiger partial charge in [0, 0.05) is 11.0 Å². The maximum Gasteiger partial charge on any atom is 0.411 e. The summed E-state index contributed by atoms with van der Waals surface area (Å²) in [5, 5.41) is 2.69. The molecule has 0 radical (unpaired) electrons. The minimum atomic E-state index is -4.35. The van der Waals surface area contributed by atoms with Crippen LogP contribution in [0.4, 0.5) is 17.6 Å². The first kappa shape index (κ1) is 19.4. The van der Waals surface area contributed by atoms with Crippen molar-refractivity contribution in [3.05, 3.63) is 69.4 Å². The van der Waals surface area contributed by atoms with Gasteiger partial charge in [-0.2, -0.15) is 13.2 Å². The third-order valence-electron chi connectivity index (χ3n) is 3.19. The van der Waals surface area contributed by atoms with Crippen LogP contribution in [-0.4, -0.2) is 18.7 Å². The van der Waals surface area contributed by atoms with Crippen LogP contribution in [0.1, 0.15) is 21.5 Å². The highest BCUT2D eigenvalue weighted by molar-refractivity contribution is 9.10. The number of hydrogen-bond acceptors (Lipinski definition) is 2. The van der Waals surface area contributed by atoms with Crippen molar-refractivity contribution in [2.45, 2.75) is 19.3 Å². The molecule has 0 aliphatic rings. The number of nitrogens with one attached hydrogen (secondary N) is 1. The molecule has 0 atom stereocenters. The van der Waals surface area contributed by atoms with Crippen LogP contribution in [0.15, 0.2) is 46.9 Å². The van der Waals surface area contributed by atoms with E-state index >= 15 is 0 Å². The molecule has 0 fully saturated rings. The summed E-state index contributed by atoms with van der Waals surface area (Å²) in [5.41, 5.74) is 1.67. The largest absolute Gasteiger partial charge is 0.411 e. The zero-order valence-corrected chi connectivity index (χ0v) is 14.5. The zero-order chi connectivity index (χ0) is 18.4.